The number of hydroxylamine groups is 1. The molecule has 0 aliphatic heterocycles. The molecule has 0 radical (unpaired) electrons. The molecule has 0 aliphatic carbocycles. The summed E-state index contributed by atoms with van der Waals surface area (Å²) in [6.45, 7) is 2.23. The zero-order valence-corrected chi connectivity index (χ0v) is 18.5. The molecule has 0 heterocycles. The van der Waals surface area contributed by atoms with E-state index in [-0.39, 0.29) is 13.2 Å². The first-order chi connectivity index (χ1) is 16.1. The van der Waals surface area contributed by atoms with Crippen LogP contribution < -0.4 is 15.5 Å². The van der Waals surface area contributed by atoms with Crippen molar-refractivity contribution in [1.29, 1.82) is 0 Å². The topological polar surface area (TPSA) is 126 Å². The van der Waals surface area contributed by atoms with Crippen molar-refractivity contribution in [2.24, 2.45) is 0 Å². The van der Waals surface area contributed by atoms with Gasteiger partial charge in [-0.1, -0.05) is 36.4 Å². The van der Waals surface area contributed by atoms with Crippen LogP contribution in [0.4, 0.5) is 10.5 Å². The molecule has 0 aliphatic rings. The van der Waals surface area contributed by atoms with Crippen molar-refractivity contribution in [1.82, 2.24) is 5.48 Å². The van der Waals surface area contributed by atoms with Crippen LogP contribution in [0.3, 0.4) is 0 Å². The maximum atomic E-state index is 12.7. The van der Waals surface area contributed by atoms with Crippen molar-refractivity contribution in [2.45, 2.75) is 32.0 Å². The number of hydrogen-bond acceptors (Lipinski definition) is 7. The van der Waals surface area contributed by atoms with Gasteiger partial charge in [0.05, 0.1) is 12.7 Å². The number of para-hydroxylation sites is 1. The van der Waals surface area contributed by atoms with E-state index < -0.39 is 24.2 Å². The molecule has 2 aromatic rings. The smallest absolute Gasteiger partial charge is 0.412 e. The first kappa shape index (κ1) is 25.9. The Hall–Kier alpha value is -3.40. The quantitative estimate of drug-likeness (QED) is 0.205. The van der Waals surface area contributed by atoms with Gasteiger partial charge in [-0.05, 0) is 49.6 Å². The fourth-order valence-corrected chi connectivity index (χ4v) is 3.11. The summed E-state index contributed by atoms with van der Waals surface area (Å²) in [7, 11) is 0. The molecule has 0 aromatic heterocycles. The van der Waals surface area contributed by atoms with Crippen LogP contribution in [0.5, 0.6) is 5.75 Å². The predicted molar refractivity (Wildman–Crippen MR) is 122 cm³/mol. The molecule has 0 unspecified atom stereocenters. The lowest BCUT2D eigenvalue weighted by atomic mass is 10.00. The number of carbonyl (C=O) groups is 2. The number of ether oxygens (including phenoxy) is 3. The molecular weight excluding hydrogens is 428 g/mol. The molecule has 33 heavy (non-hydrogen) atoms. The number of carbonyl (C=O) groups excluding carboxylic acids is 2. The van der Waals surface area contributed by atoms with Crippen molar-refractivity contribution < 1.29 is 34.1 Å². The highest BCUT2D eigenvalue weighted by Crippen LogP contribution is 2.30. The predicted octanol–water partition coefficient (Wildman–Crippen LogP) is 3.59. The molecule has 2 aromatic carbocycles. The molecule has 2 amide bonds. The second-order valence-corrected chi connectivity index (χ2v) is 6.91. The Kier molecular flexibility index (Phi) is 11.5. The van der Waals surface area contributed by atoms with Crippen LogP contribution in [-0.2, 0) is 14.3 Å². The summed E-state index contributed by atoms with van der Waals surface area (Å²) >= 11 is 0. The minimum absolute atomic E-state index is 0.126. The molecule has 2 rings (SSSR count). The summed E-state index contributed by atoms with van der Waals surface area (Å²) in [5, 5.41) is 20.3. The minimum Gasteiger partial charge on any atom is -0.491 e. The number of hydrogen-bond donors (Lipinski definition) is 4. The monoisotopic (exact) mass is 458 g/mol. The Bertz CT molecular complexity index is 889. The maximum absolute atomic E-state index is 12.7. The summed E-state index contributed by atoms with van der Waals surface area (Å²) in [4.78, 5) is 23.9. The molecule has 9 heteroatoms. The Balaban J connectivity index is 2.23. The molecule has 4 N–H and O–H groups in total. The summed E-state index contributed by atoms with van der Waals surface area (Å²) in [5.74, 6) is -0.111. The lowest BCUT2D eigenvalue weighted by Gasteiger charge is -2.27. The molecule has 0 spiro atoms. The van der Waals surface area contributed by atoms with Gasteiger partial charge in [0.2, 0.25) is 0 Å². The number of aliphatic hydroxyl groups is 1. The molecule has 178 valence electrons. The Morgan fingerprint density at radius 1 is 1.12 bits per heavy atom. The van der Waals surface area contributed by atoms with Gasteiger partial charge in [-0.25, -0.2) is 10.3 Å². The first-order valence-electron chi connectivity index (χ1n) is 10.7. The highest BCUT2D eigenvalue weighted by atomic mass is 16.6. The van der Waals surface area contributed by atoms with Crippen LogP contribution in [-0.4, -0.2) is 48.2 Å². The van der Waals surface area contributed by atoms with Gasteiger partial charge in [0, 0.05) is 18.4 Å². The third kappa shape index (κ3) is 9.32. The summed E-state index contributed by atoms with van der Waals surface area (Å²) in [6, 6.07) is 16.0. The average molecular weight is 459 g/mol. The van der Waals surface area contributed by atoms with E-state index in [0.717, 1.165) is 0 Å². The number of allylic oxidation sites excluding steroid dienone is 1. The van der Waals surface area contributed by atoms with Gasteiger partial charge >= 0.3 is 6.09 Å². The fraction of sp³-hybridized carbons (Fsp3) is 0.333. The van der Waals surface area contributed by atoms with Crippen molar-refractivity contribution >= 4 is 17.7 Å². The van der Waals surface area contributed by atoms with Gasteiger partial charge < -0.3 is 19.3 Å². The molecule has 0 saturated carbocycles. The molecule has 9 nitrogen and oxygen atoms in total. The Labute approximate surface area is 192 Å². The van der Waals surface area contributed by atoms with Crippen molar-refractivity contribution in [3.05, 3.63) is 72.3 Å². The number of anilines is 1. The largest absolute Gasteiger partial charge is 0.491 e. The minimum atomic E-state index is -0.772. The van der Waals surface area contributed by atoms with Gasteiger partial charge in [-0.2, -0.15) is 0 Å². The van der Waals surface area contributed by atoms with Crippen molar-refractivity contribution in [2.75, 3.05) is 25.1 Å². The van der Waals surface area contributed by atoms with E-state index in [4.69, 9.17) is 24.5 Å². The molecule has 0 saturated heterocycles. The summed E-state index contributed by atoms with van der Waals surface area (Å²) in [5.41, 5.74) is 2.78. The number of benzene rings is 2. The lowest BCUT2D eigenvalue weighted by molar-refractivity contribution is -0.124. The molecular formula is C24H30N2O7. The van der Waals surface area contributed by atoms with Crippen LogP contribution >= 0.6 is 0 Å². The second-order valence-electron chi connectivity index (χ2n) is 6.91. The molecule has 0 bridgehead atoms. The van der Waals surface area contributed by atoms with E-state index in [1.54, 1.807) is 54.6 Å². The van der Waals surface area contributed by atoms with Crippen LogP contribution in [0.2, 0.25) is 0 Å². The van der Waals surface area contributed by atoms with E-state index in [1.165, 1.54) is 11.6 Å². The first-order valence-corrected chi connectivity index (χ1v) is 10.7. The van der Waals surface area contributed by atoms with E-state index in [2.05, 4.69) is 5.32 Å². The van der Waals surface area contributed by atoms with Gasteiger partial charge in [0.1, 0.15) is 12.4 Å². The average Bonchev–Trinajstić information content (AvgIpc) is 2.84. The summed E-state index contributed by atoms with van der Waals surface area (Å²) < 4.78 is 17.2. The van der Waals surface area contributed by atoms with Gasteiger partial charge in [-0.15, -0.1) is 0 Å². The highest BCUT2D eigenvalue weighted by Gasteiger charge is 2.28. The van der Waals surface area contributed by atoms with E-state index in [9.17, 15) is 9.59 Å². The van der Waals surface area contributed by atoms with Crippen LogP contribution in [0.25, 0.3) is 0 Å². The SMILES string of the molecule is CCO[C@H](CC/C=C/C(=O)NO)[C@H](OC(=O)Nc1ccccc1)c1cccc(OCCO)c1. The Morgan fingerprint density at radius 3 is 2.61 bits per heavy atom. The van der Waals surface area contributed by atoms with Crippen LogP contribution in [0.1, 0.15) is 31.4 Å². The highest BCUT2D eigenvalue weighted by molar-refractivity contribution is 5.86. The molecule has 2 atom stereocenters. The number of amides is 2. The zero-order chi connectivity index (χ0) is 23.9. The third-order valence-electron chi connectivity index (χ3n) is 4.52. The van der Waals surface area contributed by atoms with E-state index >= 15 is 0 Å². The normalized spacial score (nSPS) is 12.7. The molecule has 0 fully saturated rings. The fourth-order valence-electron chi connectivity index (χ4n) is 3.11. The van der Waals surface area contributed by atoms with Crippen molar-refractivity contribution in [3.8, 4) is 5.75 Å². The lowest BCUT2D eigenvalue weighted by Crippen LogP contribution is -2.29. The maximum Gasteiger partial charge on any atom is 0.412 e. The third-order valence-corrected chi connectivity index (χ3v) is 4.52. The second kappa shape index (κ2) is 14.6. The van der Waals surface area contributed by atoms with Gasteiger partial charge in [-0.3, -0.25) is 15.3 Å². The number of nitrogens with one attached hydrogen (secondary N) is 2. The van der Waals surface area contributed by atoms with Crippen LogP contribution in [0, 0.1) is 0 Å². The van der Waals surface area contributed by atoms with E-state index in [0.29, 0.717) is 36.4 Å². The number of rotatable bonds is 13. The summed E-state index contributed by atoms with van der Waals surface area (Å²) in [6.07, 6.45) is 1.75. The van der Waals surface area contributed by atoms with E-state index in [1.807, 2.05) is 13.0 Å². The van der Waals surface area contributed by atoms with Crippen LogP contribution in [0.15, 0.2) is 66.7 Å². The van der Waals surface area contributed by atoms with Gasteiger partial charge in [0.15, 0.2) is 6.10 Å². The Morgan fingerprint density at radius 2 is 1.91 bits per heavy atom. The van der Waals surface area contributed by atoms with Gasteiger partial charge in [0.25, 0.3) is 5.91 Å². The zero-order valence-electron chi connectivity index (χ0n) is 18.5. The number of aliphatic hydroxyl groups excluding tert-OH is 1. The van der Waals surface area contributed by atoms with Crippen molar-refractivity contribution in [3.63, 3.8) is 0 Å². The standard InChI is InChI=1S/C24H30N2O7/c1-2-31-21(13-6-7-14-22(28)26-30)23(18-9-8-12-20(17-18)32-16-15-27)33-24(29)25-19-10-4-3-5-11-19/h3-5,7-12,14,17,21,23,27,30H,2,6,13,15-16H2,1H3,(H,25,29)(H,26,28)/b14-7+/t21-,23-/m1/s1.